The van der Waals surface area contributed by atoms with Crippen LogP contribution in [0.2, 0.25) is 5.02 Å². The number of alkyl halides is 1. The highest BCUT2D eigenvalue weighted by Crippen LogP contribution is 2.17. The van der Waals surface area contributed by atoms with Crippen molar-refractivity contribution in [2.75, 3.05) is 24.3 Å². The zero-order valence-corrected chi connectivity index (χ0v) is 7.68. The van der Waals surface area contributed by atoms with E-state index in [-0.39, 0.29) is 12.6 Å². The molecule has 0 aliphatic heterocycles. The van der Waals surface area contributed by atoms with Crippen molar-refractivity contribution in [2.24, 2.45) is 0 Å². The van der Waals surface area contributed by atoms with Gasteiger partial charge < -0.3 is 11.1 Å². The van der Waals surface area contributed by atoms with Gasteiger partial charge in [-0.3, -0.25) is 4.39 Å². The van der Waals surface area contributed by atoms with Crippen LogP contribution < -0.4 is 11.1 Å². The van der Waals surface area contributed by atoms with Gasteiger partial charge in [0, 0.05) is 6.54 Å². The molecule has 4 nitrogen and oxygen atoms in total. The first kappa shape index (κ1) is 9.98. The highest BCUT2D eigenvalue weighted by molar-refractivity contribution is 6.32. The maximum absolute atomic E-state index is 11.7. The number of nitrogen functional groups attached to an aromatic ring is 1. The molecule has 0 saturated heterocycles. The maximum atomic E-state index is 11.7. The molecule has 0 saturated carbocycles. The second-order valence-corrected chi connectivity index (χ2v) is 2.80. The summed E-state index contributed by atoms with van der Waals surface area (Å²) in [5, 5.41) is 3.23. The summed E-state index contributed by atoms with van der Waals surface area (Å²) >= 11 is 5.74. The average Bonchev–Trinajstić information content (AvgIpc) is 2.11. The molecule has 1 heterocycles. The van der Waals surface area contributed by atoms with Gasteiger partial charge in [0.1, 0.15) is 10.8 Å². The van der Waals surface area contributed by atoms with Crippen molar-refractivity contribution < 1.29 is 4.39 Å². The van der Waals surface area contributed by atoms with Crippen LogP contribution in [-0.4, -0.2) is 23.2 Å². The third-order valence-electron chi connectivity index (χ3n) is 1.37. The number of nitrogens with one attached hydrogen (secondary N) is 1. The second kappa shape index (κ2) is 4.81. The topological polar surface area (TPSA) is 63.8 Å². The zero-order chi connectivity index (χ0) is 9.68. The van der Waals surface area contributed by atoms with Crippen LogP contribution in [0.5, 0.6) is 0 Å². The van der Waals surface area contributed by atoms with E-state index < -0.39 is 0 Å². The summed E-state index contributed by atoms with van der Waals surface area (Å²) in [7, 11) is 0. The van der Waals surface area contributed by atoms with Crippen molar-refractivity contribution >= 4 is 23.4 Å². The third-order valence-corrected chi connectivity index (χ3v) is 1.64. The SMILES string of the molecule is Nc1ncc(Cl)c(NCCCF)n1. The number of nitrogens with two attached hydrogens (primary N) is 1. The molecule has 0 radical (unpaired) electrons. The predicted molar refractivity (Wildman–Crippen MR) is 50.5 cm³/mol. The number of anilines is 2. The van der Waals surface area contributed by atoms with Crippen molar-refractivity contribution in [3.63, 3.8) is 0 Å². The lowest BCUT2D eigenvalue weighted by molar-refractivity contribution is 0.481. The van der Waals surface area contributed by atoms with E-state index >= 15 is 0 Å². The van der Waals surface area contributed by atoms with E-state index in [9.17, 15) is 4.39 Å². The molecule has 0 spiro atoms. The van der Waals surface area contributed by atoms with Crippen LogP contribution in [0.1, 0.15) is 6.42 Å². The van der Waals surface area contributed by atoms with Gasteiger partial charge in [0.25, 0.3) is 0 Å². The van der Waals surface area contributed by atoms with Gasteiger partial charge in [-0.25, -0.2) is 4.98 Å². The summed E-state index contributed by atoms with van der Waals surface area (Å²) < 4.78 is 11.7. The molecule has 72 valence electrons. The van der Waals surface area contributed by atoms with Crippen LogP contribution in [-0.2, 0) is 0 Å². The quantitative estimate of drug-likeness (QED) is 0.730. The van der Waals surface area contributed by atoms with Gasteiger partial charge >= 0.3 is 0 Å². The van der Waals surface area contributed by atoms with Crippen molar-refractivity contribution in [3.8, 4) is 0 Å². The van der Waals surface area contributed by atoms with E-state index in [0.29, 0.717) is 23.8 Å². The molecule has 0 atom stereocenters. The Morgan fingerprint density at radius 3 is 3.08 bits per heavy atom. The molecule has 0 aromatic carbocycles. The summed E-state index contributed by atoms with van der Waals surface area (Å²) in [6, 6.07) is 0. The van der Waals surface area contributed by atoms with E-state index in [4.69, 9.17) is 17.3 Å². The molecule has 0 fully saturated rings. The highest BCUT2D eigenvalue weighted by Gasteiger charge is 2.01. The van der Waals surface area contributed by atoms with Gasteiger partial charge in [0.15, 0.2) is 0 Å². The Balaban J connectivity index is 2.59. The van der Waals surface area contributed by atoms with Crippen molar-refractivity contribution in [1.82, 2.24) is 9.97 Å². The van der Waals surface area contributed by atoms with Crippen molar-refractivity contribution in [3.05, 3.63) is 11.2 Å². The van der Waals surface area contributed by atoms with Gasteiger partial charge in [-0.2, -0.15) is 4.98 Å². The summed E-state index contributed by atoms with van der Waals surface area (Å²) in [6.07, 6.45) is 1.82. The molecule has 1 aromatic heterocycles. The van der Waals surface area contributed by atoms with Crippen LogP contribution in [0.15, 0.2) is 6.20 Å². The fourth-order valence-electron chi connectivity index (χ4n) is 0.778. The van der Waals surface area contributed by atoms with Crippen LogP contribution >= 0.6 is 11.6 Å². The zero-order valence-electron chi connectivity index (χ0n) is 6.93. The van der Waals surface area contributed by atoms with E-state index in [1.165, 1.54) is 6.20 Å². The maximum Gasteiger partial charge on any atom is 0.222 e. The second-order valence-electron chi connectivity index (χ2n) is 2.39. The molecule has 0 amide bonds. The van der Waals surface area contributed by atoms with E-state index in [1.807, 2.05) is 0 Å². The minimum Gasteiger partial charge on any atom is -0.369 e. The monoisotopic (exact) mass is 204 g/mol. The first-order chi connectivity index (χ1) is 6.24. The highest BCUT2D eigenvalue weighted by atomic mass is 35.5. The lowest BCUT2D eigenvalue weighted by Crippen LogP contribution is -2.06. The number of hydrogen-bond donors (Lipinski definition) is 2. The normalized spacial score (nSPS) is 10.0. The van der Waals surface area contributed by atoms with Gasteiger partial charge in [-0.05, 0) is 6.42 Å². The summed E-state index contributed by atoms with van der Waals surface area (Å²) in [6.45, 7) is 0.109. The fraction of sp³-hybridized carbons (Fsp3) is 0.429. The number of rotatable bonds is 4. The van der Waals surface area contributed by atoms with Crippen molar-refractivity contribution in [2.45, 2.75) is 6.42 Å². The molecular weight excluding hydrogens is 195 g/mol. The van der Waals surface area contributed by atoms with E-state index in [2.05, 4.69) is 15.3 Å². The Morgan fingerprint density at radius 1 is 1.62 bits per heavy atom. The molecule has 0 bridgehead atoms. The molecule has 1 rings (SSSR count). The number of hydrogen-bond acceptors (Lipinski definition) is 4. The van der Waals surface area contributed by atoms with Gasteiger partial charge in [0.05, 0.1) is 12.9 Å². The van der Waals surface area contributed by atoms with Gasteiger partial charge in [-0.15, -0.1) is 0 Å². The largest absolute Gasteiger partial charge is 0.369 e. The number of halogens is 2. The molecule has 0 aliphatic rings. The molecule has 13 heavy (non-hydrogen) atoms. The lowest BCUT2D eigenvalue weighted by atomic mass is 10.4. The number of aromatic nitrogens is 2. The van der Waals surface area contributed by atoms with Crippen LogP contribution in [0.3, 0.4) is 0 Å². The minimum absolute atomic E-state index is 0.146. The Morgan fingerprint density at radius 2 is 2.38 bits per heavy atom. The van der Waals surface area contributed by atoms with Crippen LogP contribution in [0.25, 0.3) is 0 Å². The molecule has 1 aromatic rings. The summed E-state index contributed by atoms with van der Waals surface area (Å²) in [4.78, 5) is 7.53. The lowest BCUT2D eigenvalue weighted by Gasteiger charge is -2.05. The Labute approximate surface area is 80.3 Å². The molecule has 3 N–H and O–H groups in total. The first-order valence-electron chi connectivity index (χ1n) is 3.82. The minimum atomic E-state index is -0.370. The summed E-state index contributed by atoms with van der Waals surface area (Å²) in [5.74, 6) is 0.592. The molecule has 0 aliphatic carbocycles. The predicted octanol–water partition coefficient (Wildman–Crippen LogP) is 1.48. The standard InChI is InChI=1S/C7H10ClFN4/c8-5-4-12-7(10)13-6(5)11-3-1-2-9/h4H,1-3H2,(H3,10,11,12,13). The van der Waals surface area contributed by atoms with Crippen LogP contribution in [0.4, 0.5) is 16.2 Å². The third kappa shape index (κ3) is 3.02. The first-order valence-corrected chi connectivity index (χ1v) is 4.19. The molecule has 6 heteroatoms. The molecular formula is C7H10ClFN4. The fourth-order valence-corrected chi connectivity index (χ4v) is 0.936. The van der Waals surface area contributed by atoms with E-state index in [1.54, 1.807) is 0 Å². The Hall–Kier alpha value is -1.10. The van der Waals surface area contributed by atoms with Crippen molar-refractivity contribution in [1.29, 1.82) is 0 Å². The van der Waals surface area contributed by atoms with Crippen LogP contribution in [0, 0.1) is 0 Å². The summed E-state index contributed by atoms with van der Waals surface area (Å²) in [5.41, 5.74) is 5.34. The van der Waals surface area contributed by atoms with E-state index in [0.717, 1.165) is 0 Å². The van der Waals surface area contributed by atoms with Gasteiger partial charge in [0.2, 0.25) is 5.95 Å². The average molecular weight is 205 g/mol. The Bertz CT molecular complexity index is 281. The smallest absolute Gasteiger partial charge is 0.222 e. The Kier molecular flexibility index (Phi) is 3.70. The van der Waals surface area contributed by atoms with Gasteiger partial charge in [-0.1, -0.05) is 11.6 Å². The molecule has 0 unspecified atom stereocenters. The number of nitrogens with zero attached hydrogens (tertiary/aromatic N) is 2.